The molecule has 168 valence electrons. The maximum Gasteiger partial charge on any atom is 0.415 e. The summed E-state index contributed by atoms with van der Waals surface area (Å²) in [7, 11) is 3.08. The molecule has 0 unspecified atom stereocenters. The van der Waals surface area contributed by atoms with E-state index in [1.807, 2.05) is 6.07 Å². The predicted molar refractivity (Wildman–Crippen MR) is 125 cm³/mol. The van der Waals surface area contributed by atoms with Gasteiger partial charge in [0.2, 0.25) is 5.78 Å². The number of carbonyl (C=O) groups is 2. The van der Waals surface area contributed by atoms with Crippen LogP contribution in [-0.4, -0.2) is 49.2 Å². The van der Waals surface area contributed by atoms with Gasteiger partial charge in [-0.15, -0.1) is 0 Å². The fraction of sp³-hybridized carbons (Fsp3) is 0.304. The van der Waals surface area contributed by atoms with Gasteiger partial charge >= 0.3 is 6.09 Å². The highest BCUT2D eigenvalue weighted by molar-refractivity contribution is 9.10. The highest BCUT2D eigenvalue weighted by atomic mass is 79.9. The highest BCUT2D eigenvalue weighted by Crippen LogP contribution is 2.50. The van der Waals surface area contributed by atoms with Crippen molar-refractivity contribution < 1.29 is 28.9 Å². The quantitative estimate of drug-likeness (QED) is 0.534. The van der Waals surface area contributed by atoms with Crippen molar-refractivity contribution in [2.24, 2.45) is 0 Å². The summed E-state index contributed by atoms with van der Waals surface area (Å²) < 4.78 is 17.0. The lowest BCUT2D eigenvalue weighted by molar-refractivity contribution is 0.104. The molecule has 32 heavy (non-hydrogen) atoms. The van der Waals surface area contributed by atoms with E-state index in [1.54, 1.807) is 24.2 Å². The third-order valence-corrected chi connectivity index (χ3v) is 7.05. The number of halogens is 1. The van der Waals surface area contributed by atoms with E-state index in [0.29, 0.717) is 44.4 Å². The van der Waals surface area contributed by atoms with Crippen LogP contribution in [0.25, 0.3) is 6.08 Å². The van der Waals surface area contributed by atoms with Gasteiger partial charge in [0.05, 0.1) is 34.1 Å². The number of allylic oxidation sites excluding steroid dienone is 1. The molecule has 2 aliphatic rings. The fourth-order valence-electron chi connectivity index (χ4n) is 3.74. The summed E-state index contributed by atoms with van der Waals surface area (Å²) in [5, 5.41) is 10.3. The number of fused-ring (bicyclic) bond motifs is 1. The third-order valence-electron chi connectivity index (χ3n) is 5.33. The summed E-state index contributed by atoms with van der Waals surface area (Å²) in [5.74, 6) is 0.855. The van der Waals surface area contributed by atoms with Crippen LogP contribution in [0.2, 0.25) is 0 Å². The van der Waals surface area contributed by atoms with E-state index >= 15 is 0 Å². The molecule has 1 N–H and O–H groups in total. The molecule has 7 nitrogen and oxygen atoms in total. The first kappa shape index (κ1) is 22.5. The zero-order valence-corrected chi connectivity index (χ0v) is 20.0. The molecule has 0 radical (unpaired) electrons. The molecule has 0 bridgehead atoms. The number of rotatable bonds is 4. The summed E-state index contributed by atoms with van der Waals surface area (Å²) in [4.78, 5) is 28.1. The van der Waals surface area contributed by atoms with Crippen molar-refractivity contribution in [3.05, 3.63) is 44.8 Å². The number of hydrogen-bond acceptors (Lipinski definition) is 7. The first-order chi connectivity index (χ1) is 15.4. The summed E-state index contributed by atoms with van der Waals surface area (Å²) in [5.41, 5.74) is 0.856. The number of ketones is 1. The highest BCUT2D eigenvalue weighted by Gasteiger charge is 2.33. The number of methoxy groups -OCH3 is 2. The Morgan fingerprint density at radius 1 is 1.12 bits per heavy atom. The van der Waals surface area contributed by atoms with Gasteiger partial charge in [0.15, 0.2) is 11.5 Å². The van der Waals surface area contributed by atoms with E-state index in [2.05, 4.69) is 15.9 Å². The first-order valence-electron chi connectivity index (χ1n) is 10.1. The molecule has 0 atom stereocenters. The molecule has 2 aromatic carbocycles. The van der Waals surface area contributed by atoms with Gasteiger partial charge in [-0.25, -0.2) is 4.79 Å². The number of phenolic OH excluding ortho intramolecular Hbond substituents is 1. The largest absolute Gasteiger partial charge is 0.507 e. The topological polar surface area (TPSA) is 85.3 Å². The first-order valence-corrected chi connectivity index (χ1v) is 11.7. The van der Waals surface area contributed by atoms with Crippen molar-refractivity contribution in [2.45, 2.75) is 24.2 Å². The van der Waals surface area contributed by atoms with E-state index in [4.69, 9.17) is 14.2 Å². The Balaban J connectivity index is 1.64. The molecule has 9 heteroatoms. The molecule has 1 saturated heterocycles. The Kier molecular flexibility index (Phi) is 6.66. The smallest absolute Gasteiger partial charge is 0.415 e. The summed E-state index contributed by atoms with van der Waals surface area (Å²) >= 11 is 4.62. The summed E-state index contributed by atoms with van der Waals surface area (Å²) in [6.45, 7) is 1.31. The van der Waals surface area contributed by atoms with Gasteiger partial charge in [-0.05, 0) is 71.1 Å². The van der Waals surface area contributed by atoms with Crippen molar-refractivity contribution in [2.75, 3.05) is 27.3 Å². The number of likely N-dealkylation sites (tertiary alicyclic amines) is 1. The van der Waals surface area contributed by atoms with Crippen LogP contribution >= 0.6 is 27.7 Å². The minimum atomic E-state index is -0.438. The Morgan fingerprint density at radius 3 is 2.56 bits per heavy atom. The van der Waals surface area contributed by atoms with Crippen molar-refractivity contribution in [1.29, 1.82) is 0 Å². The average molecular weight is 520 g/mol. The Labute approximate surface area is 198 Å². The van der Waals surface area contributed by atoms with E-state index in [1.165, 1.54) is 31.0 Å². The molecule has 0 aliphatic carbocycles. The fourth-order valence-corrected chi connectivity index (χ4v) is 5.48. The monoisotopic (exact) mass is 519 g/mol. The summed E-state index contributed by atoms with van der Waals surface area (Å²) in [6, 6.07) is 6.46. The van der Waals surface area contributed by atoms with Crippen LogP contribution in [0.4, 0.5) is 4.79 Å². The van der Waals surface area contributed by atoms with E-state index < -0.39 is 6.09 Å². The van der Waals surface area contributed by atoms with Crippen molar-refractivity contribution >= 4 is 45.6 Å². The molecule has 2 heterocycles. The number of amides is 1. The SMILES string of the molecule is COc1cc(/C=C2\Sc3c(OC(=O)N4CCCCC4)ccc(O)c3C2=O)cc(Br)c1OC. The number of carbonyl (C=O) groups excluding carboxylic acids is 2. The number of nitrogens with zero attached hydrogens (tertiary/aromatic N) is 1. The van der Waals surface area contributed by atoms with Crippen LogP contribution in [0.1, 0.15) is 35.2 Å². The van der Waals surface area contributed by atoms with Gasteiger partial charge in [0.1, 0.15) is 11.5 Å². The third kappa shape index (κ3) is 4.31. The standard InChI is InChI=1S/C23H22BrNO6S/c1-29-17-11-13(10-14(24)21(17)30-2)12-18-20(27)19-15(26)6-7-16(22(19)32-18)31-23(28)25-8-4-3-5-9-25/h6-7,10-12,26H,3-5,8-9H2,1-2H3/b18-12-. The van der Waals surface area contributed by atoms with Crippen molar-refractivity contribution in [3.8, 4) is 23.0 Å². The normalized spacial score (nSPS) is 16.8. The number of piperidine rings is 1. The summed E-state index contributed by atoms with van der Waals surface area (Å²) in [6.07, 6.45) is 4.26. The van der Waals surface area contributed by atoms with Crippen molar-refractivity contribution in [1.82, 2.24) is 4.90 Å². The zero-order chi connectivity index (χ0) is 22.8. The lowest BCUT2D eigenvalue weighted by Crippen LogP contribution is -2.37. The molecular weight excluding hydrogens is 498 g/mol. The average Bonchev–Trinajstić information content (AvgIpc) is 3.12. The molecule has 1 fully saturated rings. The Hall–Kier alpha value is -2.65. The van der Waals surface area contributed by atoms with Crippen LogP contribution < -0.4 is 14.2 Å². The van der Waals surface area contributed by atoms with Gasteiger partial charge in [0, 0.05) is 13.1 Å². The predicted octanol–water partition coefficient (Wildman–Crippen LogP) is 5.49. The number of Topliss-reactive ketones (excluding diaryl/α,β-unsaturated/α-hetero) is 1. The second-order valence-electron chi connectivity index (χ2n) is 7.38. The van der Waals surface area contributed by atoms with Crippen LogP contribution in [0.3, 0.4) is 0 Å². The van der Waals surface area contributed by atoms with E-state index in [0.717, 1.165) is 19.3 Å². The maximum absolute atomic E-state index is 13.1. The molecule has 0 aromatic heterocycles. The lowest BCUT2D eigenvalue weighted by Gasteiger charge is -2.26. The van der Waals surface area contributed by atoms with Crippen LogP contribution in [-0.2, 0) is 0 Å². The second kappa shape index (κ2) is 9.46. The molecular formula is C23H22BrNO6S. The van der Waals surface area contributed by atoms with Crippen molar-refractivity contribution in [3.63, 3.8) is 0 Å². The van der Waals surface area contributed by atoms with Crippen LogP contribution in [0.5, 0.6) is 23.0 Å². The molecule has 1 amide bonds. The van der Waals surface area contributed by atoms with Crippen LogP contribution in [0.15, 0.2) is 38.5 Å². The van der Waals surface area contributed by atoms with E-state index in [9.17, 15) is 14.7 Å². The van der Waals surface area contributed by atoms with Gasteiger partial charge in [-0.3, -0.25) is 4.79 Å². The number of aromatic hydroxyl groups is 1. The number of benzene rings is 2. The van der Waals surface area contributed by atoms with Crippen LogP contribution in [0, 0.1) is 0 Å². The maximum atomic E-state index is 13.1. The zero-order valence-electron chi connectivity index (χ0n) is 17.6. The number of phenols is 1. The van der Waals surface area contributed by atoms with E-state index in [-0.39, 0.29) is 22.8 Å². The number of ether oxygens (including phenoxy) is 3. The molecule has 2 aromatic rings. The number of hydrogen-bond donors (Lipinski definition) is 1. The molecule has 2 aliphatic heterocycles. The van der Waals surface area contributed by atoms with Gasteiger partial charge in [-0.2, -0.15) is 0 Å². The number of thioether (sulfide) groups is 1. The second-order valence-corrected chi connectivity index (χ2v) is 9.29. The molecule has 0 saturated carbocycles. The van der Waals surface area contributed by atoms with Gasteiger partial charge in [0.25, 0.3) is 0 Å². The minimum Gasteiger partial charge on any atom is -0.507 e. The van der Waals surface area contributed by atoms with Gasteiger partial charge in [-0.1, -0.05) is 11.8 Å². The molecule has 0 spiro atoms. The van der Waals surface area contributed by atoms with Gasteiger partial charge < -0.3 is 24.2 Å². The lowest BCUT2D eigenvalue weighted by atomic mass is 10.1. The minimum absolute atomic E-state index is 0.143. The Bertz CT molecular complexity index is 1110. The Morgan fingerprint density at radius 2 is 1.88 bits per heavy atom. The molecule has 4 rings (SSSR count).